The van der Waals surface area contributed by atoms with Crippen LogP contribution in [0.2, 0.25) is 0 Å². The van der Waals surface area contributed by atoms with Crippen LogP contribution < -0.4 is 5.32 Å². The smallest absolute Gasteiger partial charge is 0.271 e. The molecule has 3 rings (SSSR count). The lowest BCUT2D eigenvalue weighted by molar-refractivity contribution is -0.128. The Morgan fingerprint density at radius 3 is 3.00 bits per heavy atom. The molecule has 1 aromatic rings. The van der Waals surface area contributed by atoms with Crippen molar-refractivity contribution in [3.05, 3.63) is 16.6 Å². The van der Waals surface area contributed by atoms with E-state index in [1.165, 1.54) is 11.3 Å². The van der Waals surface area contributed by atoms with E-state index in [-0.39, 0.29) is 17.9 Å². The van der Waals surface area contributed by atoms with E-state index in [1.807, 2.05) is 4.90 Å². The molecule has 18 heavy (non-hydrogen) atoms. The summed E-state index contributed by atoms with van der Waals surface area (Å²) in [5.74, 6) is 0.592. The first-order valence-electron chi connectivity index (χ1n) is 6.13. The number of thiazole rings is 1. The van der Waals surface area contributed by atoms with Crippen LogP contribution in [0.5, 0.6) is 0 Å². The van der Waals surface area contributed by atoms with Gasteiger partial charge in [-0.25, -0.2) is 4.98 Å². The SMILES string of the molecule is CC1CC1N1CC(NC(=O)c2cscn2)CC1=O. The molecule has 1 aliphatic heterocycles. The maximum Gasteiger partial charge on any atom is 0.271 e. The lowest BCUT2D eigenvalue weighted by Crippen LogP contribution is -2.38. The number of aromatic nitrogens is 1. The lowest BCUT2D eigenvalue weighted by Gasteiger charge is -2.16. The zero-order valence-electron chi connectivity index (χ0n) is 10.1. The van der Waals surface area contributed by atoms with E-state index in [1.54, 1.807) is 10.9 Å². The van der Waals surface area contributed by atoms with Crippen molar-refractivity contribution in [3.63, 3.8) is 0 Å². The van der Waals surface area contributed by atoms with Crippen LogP contribution in [0.1, 0.15) is 30.3 Å². The fourth-order valence-corrected chi connectivity index (χ4v) is 3.00. The Labute approximate surface area is 109 Å². The number of nitrogens with zero attached hydrogens (tertiary/aromatic N) is 2. The van der Waals surface area contributed by atoms with Gasteiger partial charge in [-0.05, 0) is 12.3 Å². The molecule has 5 nitrogen and oxygen atoms in total. The van der Waals surface area contributed by atoms with E-state index in [4.69, 9.17) is 0 Å². The van der Waals surface area contributed by atoms with Crippen LogP contribution in [0.25, 0.3) is 0 Å². The molecule has 2 aliphatic rings. The second kappa shape index (κ2) is 4.35. The van der Waals surface area contributed by atoms with Crippen LogP contribution in [-0.2, 0) is 4.79 Å². The molecule has 1 saturated heterocycles. The van der Waals surface area contributed by atoms with Crippen molar-refractivity contribution >= 4 is 23.2 Å². The van der Waals surface area contributed by atoms with Crippen LogP contribution in [0.4, 0.5) is 0 Å². The number of carbonyl (C=O) groups excluding carboxylic acids is 2. The number of rotatable bonds is 3. The maximum absolute atomic E-state index is 11.8. The third-order valence-corrected chi connectivity index (χ3v) is 4.21. The molecular formula is C12H15N3O2S. The largest absolute Gasteiger partial charge is 0.346 e. The summed E-state index contributed by atoms with van der Waals surface area (Å²) in [5.41, 5.74) is 2.07. The number of hydrogen-bond donors (Lipinski definition) is 1. The molecule has 2 amide bonds. The van der Waals surface area contributed by atoms with Gasteiger partial charge < -0.3 is 10.2 Å². The molecule has 1 N–H and O–H groups in total. The minimum atomic E-state index is -0.181. The monoisotopic (exact) mass is 265 g/mol. The van der Waals surface area contributed by atoms with Gasteiger partial charge in [0.15, 0.2) is 0 Å². The maximum atomic E-state index is 11.8. The fourth-order valence-electron chi connectivity index (χ4n) is 2.47. The Morgan fingerprint density at radius 1 is 1.61 bits per heavy atom. The van der Waals surface area contributed by atoms with Crippen molar-refractivity contribution in [2.75, 3.05) is 6.54 Å². The Balaban J connectivity index is 1.59. The molecule has 3 unspecified atom stereocenters. The van der Waals surface area contributed by atoms with Crippen LogP contribution in [0.15, 0.2) is 10.9 Å². The first kappa shape index (κ1) is 11.6. The molecule has 0 aromatic carbocycles. The molecular weight excluding hydrogens is 250 g/mol. The zero-order chi connectivity index (χ0) is 12.7. The summed E-state index contributed by atoms with van der Waals surface area (Å²) < 4.78 is 0. The summed E-state index contributed by atoms with van der Waals surface area (Å²) in [5, 5.41) is 4.60. The predicted octanol–water partition coefficient (Wildman–Crippen LogP) is 0.882. The summed E-state index contributed by atoms with van der Waals surface area (Å²) in [7, 11) is 0. The predicted molar refractivity (Wildman–Crippen MR) is 67.3 cm³/mol. The van der Waals surface area contributed by atoms with Crippen molar-refractivity contribution in [1.82, 2.24) is 15.2 Å². The van der Waals surface area contributed by atoms with Crippen molar-refractivity contribution in [3.8, 4) is 0 Å². The van der Waals surface area contributed by atoms with Crippen molar-refractivity contribution in [1.29, 1.82) is 0 Å². The highest BCUT2D eigenvalue weighted by Gasteiger charge is 2.44. The standard InChI is InChI=1S/C12H15N3O2S/c1-7-2-10(7)15-4-8(3-11(15)16)14-12(17)9-5-18-6-13-9/h5-8,10H,2-4H2,1H3,(H,14,17). The Bertz CT molecular complexity index is 474. The van der Waals surface area contributed by atoms with Crippen molar-refractivity contribution in [2.45, 2.75) is 31.8 Å². The molecule has 1 saturated carbocycles. The summed E-state index contributed by atoms with van der Waals surface area (Å²) >= 11 is 1.39. The van der Waals surface area contributed by atoms with Gasteiger partial charge in [0.2, 0.25) is 5.91 Å². The minimum absolute atomic E-state index is 0.0699. The molecule has 2 heterocycles. The molecule has 0 spiro atoms. The van der Waals surface area contributed by atoms with Gasteiger partial charge in [-0.15, -0.1) is 11.3 Å². The van der Waals surface area contributed by atoms with Crippen LogP contribution >= 0.6 is 11.3 Å². The quantitative estimate of drug-likeness (QED) is 0.882. The fraction of sp³-hybridized carbons (Fsp3) is 0.583. The van der Waals surface area contributed by atoms with Gasteiger partial charge in [0.1, 0.15) is 5.69 Å². The average Bonchev–Trinajstić information content (AvgIpc) is 2.80. The van der Waals surface area contributed by atoms with E-state index < -0.39 is 0 Å². The zero-order valence-corrected chi connectivity index (χ0v) is 10.9. The number of carbonyl (C=O) groups is 2. The third kappa shape index (κ3) is 2.12. The molecule has 0 bridgehead atoms. The number of likely N-dealkylation sites (tertiary alicyclic amines) is 1. The first-order chi connectivity index (χ1) is 8.65. The Kier molecular flexibility index (Phi) is 2.81. The minimum Gasteiger partial charge on any atom is -0.346 e. The highest BCUT2D eigenvalue weighted by atomic mass is 32.1. The second-order valence-electron chi connectivity index (χ2n) is 5.07. The molecule has 3 atom stereocenters. The highest BCUT2D eigenvalue weighted by Crippen LogP contribution is 2.37. The Morgan fingerprint density at radius 2 is 2.39 bits per heavy atom. The molecule has 0 radical (unpaired) electrons. The lowest BCUT2D eigenvalue weighted by atomic mass is 10.2. The first-order valence-corrected chi connectivity index (χ1v) is 7.08. The summed E-state index contributed by atoms with van der Waals surface area (Å²) in [6.07, 6.45) is 1.51. The van der Waals surface area contributed by atoms with Gasteiger partial charge >= 0.3 is 0 Å². The van der Waals surface area contributed by atoms with Crippen LogP contribution in [0.3, 0.4) is 0 Å². The Hall–Kier alpha value is -1.43. The van der Waals surface area contributed by atoms with Crippen molar-refractivity contribution in [2.24, 2.45) is 5.92 Å². The van der Waals surface area contributed by atoms with Gasteiger partial charge in [0, 0.05) is 24.4 Å². The molecule has 2 fully saturated rings. The normalized spacial score (nSPS) is 30.6. The highest BCUT2D eigenvalue weighted by molar-refractivity contribution is 7.07. The van der Waals surface area contributed by atoms with E-state index in [0.717, 1.165) is 6.42 Å². The van der Waals surface area contributed by atoms with E-state index in [0.29, 0.717) is 30.6 Å². The molecule has 1 aromatic heterocycles. The number of nitrogens with one attached hydrogen (secondary N) is 1. The van der Waals surface area contributed by atoms with Gasteiger partial charge in [-0.2, -0.15) is 0 Å². The van der Waals surface area contributed by atoms with E-state index in [2.05, 4.69) is 17.2 Å². The van der Waals surface area contributed by atoms with E-state index >= 15 is 0 Å². The summed E-state index contributed by atoms with van der Waals surface area (Å²) in [4.78, 5) is 29.5. The van der Waals surface area contributed by atoms with Crippen LogP contribution in [0, 0.1) is 5.92 Å². The van der Waals surface area contributed by atoms with Gasteiger partial charge in [-0.1, -0.05) is 6.92 Å². The number of hydrogen-bond acceptors (Lipinski definition) is 4. The average molecular weight is 265 g/mol. The molecule has 96 valence electrons. The van der Waals surface area contributed by atoms with Gasteiger partial charge in [0.25, 0.3) is 5.91 Å². The second-order valence-corrected chi connectivity index (χ2v) is 5.79. The van der Waals surface area contributed by atoms with Gasteiger partial charge in [0.05, 0.1) is 11.6 Å². The van der Waals surface area contributed by atoms with Crippen molar-refractivity contribution < 1.29 is 9.59 Å². The third-order valence-electron chi connectivity index (χ3n) is 3.63. The van der Waals surface area contributed by atoms with Crippen LogP contribution in [-0.4, -0.2) is 40.3 Å². The molecule has 1 aliphatic carbocycles. The molecule has 6 heteroatoms. The topological polar surface area (TPSA) is 62.3 Å². The van der Waals surface area contributed by atoms with Gasteiger partial charge in [-0.3, -0.25) is 9.59 Å². The summed E-state index contributed by atoms with van der Waals surface area (Å²) in [6.45, 7) is 2.79. The summed E-state index contributed by atoms with van der Waals surface area (Å²) in [6, 6.07) is 0.332. The number of amides is 2. The van der Waals surface area contributed by atoms with E-state index in [9.17, 15) is 9.59 Å².